The molecule has 0 aromatic rings. The summed E-state index contributed by atoms with van der Waals surface area (Å²) in [5.41, 5.74) is -0.220. The average molecular weight is 285 g/mol. The Morgan fingerprint density at radius 1 is 1.35 bits per heavy atom. The summed E-state index contributed by atoms with van der Waals surface area (Å²) in [6, 6.07) is -0.398. The smallest absolute Gasteiger partial charge is 0.321 e. The van der Waals surface area contributed by atoms with Crippen molar-refractivity contribution in [1.29, 1.82) is 0 Å². The monoisotopic (exact) mass is 285 g/mol. The summed E-state index contributed by atoms with van der Waals surface area (Å²) in [6.45, 7) is 9.24. The van der Waals surface area contributed by atoms with E-state index < -0.39 is 12.0 Å². The number of hydrogen-bond donors (Lipinski definition) is 1. The Labute approximate surface area is 121 Å². The molecular weight excluding hydrogens is 258 g/mol. The number of carboxylic acid groups (broad SMARTS) is 1. The number of aliphatic carboxylic acids is 1. The largest absolute Gasteiger partial charge is 0.480 e. The summed E-state index contributed by atoms with van der Waals surface area (Å²) < 4.78 is 11.3. The number of ether oxygens (including phenoxy) is 2. The molecule has 0 aliphatic carbocycles. The zero-order valence-electron chi connectivity index (χ0n) is 12.8. The van der Waals surface area contributed by atoms with Gasteiger partial charge in [0.15, 0.2) is 0 Å². The summed E-state index contributed by atoms with van der Waals surface area (Å²) in [6.07, 6.45) is 2.69. The third-order valence-electron chi connectivity index (χ3n) is 4.00. The molecule has 2 fully saturated rings. The van der Waals surface area contributed by atoms with E-state index in [4.69, 9.17) is 9.47 Å². The summed E-state index contributed by atoms with van der Waals surface area (Å²) in [7, 11) is 0. The molecule has 0 aromatic heterocycles. The Kier molecular flexibility index (Phi) is 5.04. The van der Waals surface area contributed by atoms with E-state index in [1.165, 1.54) is 0 Å². The Morgan fingerprint density at radius 3 is 2.55 bits per heavy atom. The Morgan fingerprint density at radius 2 is 2.00 bits per heavy atom. The molecule has 20 heavy (non-hydrogen) atoms. The van der Waals surface area contributed by atoms with Crippen molar-refractivity contribution in [3.8, 4) is 0 Å². The Hall–Kier alpha value is -0.650. The van der Waals surface area contributed by atoms with Gasteiger partial charge in [0.05, 0.1) is 11.7 Å². The fourth-order valence-electron chi connectivity index (χ4n) is 3.17. The molecule has 2 aliphatic rings. The maximum absolute atomic E-state index is 11.4. The lowest BCUT2D eigenvalue weighted by atomic mass is 9.99. The van der Waals surface area contributed by atoms with Crippen LogP contribution in [0.5, 0.6) is 0 Å². The first-order valence-corrected chi connectivity index (χ1v) is 7.57. The van der Waals surface area contributed by atoms with Crippen molar-refractivity contribution < 1.29 is 19.4 Å². The van der Waals surface area contributed by atoms with Gasteiger partial charge in [-0.15, -0.1) is 0 Å². The molecule has 2 saturated heterocycles. The van der Waals surface area contributed by atoms with Crippen molar-refractivity contribution in [2.75, 3.05) is 26.3 Å². The Bertz CT molecular complexity index is 333. The summed E-state index contributed by atoms with van der Waals surface area (Å²) in [5.74, 6) is -0.170. The second kappa shape index (κ2) is 6.41. The molecule has 1 N–H and O–H groups in total. The van der Waals surface area contributed by atoms with Crippen LogP contribution >= 0.6 is 0 Å². The summed E-state index contributed by atoms with van der Waals surface area (Å²) in [5, 5.41) is 9.41. The quantitative estimate of drug-likeness (QED) is 0.853. The predicted molar refractivity (Wildman–Crippen MR) is 75.8 cm³/mol. The van der Waals surface area contributed by atoms with Crippen LogP contribution in [0.4, 0.5) is 0 Å². The molecule has 0 unspecified atom stereocenters. The normalized spacial score (nSPS) is 29.8. The first-order chi connectivity index (χ1) is 9.35. The molecule has 2 aliphatic heterocycles. The van der Waals surface area contributed by atoms with Crippen LogP contribution in [0.1, 0.15) is 40.0 Å². The van der Waals surface area contributed by atoms with Crippen LogP contribution in [0.25, 0.3) is 0 Å². The molecule has 0 aromatic carbocycles. The fourth-order valence-corrected chi connectivity index (χ4v) is 3.17. The van der Waals surface area contributed by atoms with Crippen molar-refractivity contribution in [2.45, 2.75) is 57.8 Å². The molecule has 2 rings (SSSR count). The SMILES string of the molecule is CC(C)(C)O[C@@H]1C[C@@H](C(=O)O)N(CC2CCOCC2)C1. The van der Waals surface area contributed by atoms with E-state index in [-0.39, 0.29) is 11.7 Å². The molecule has 2 heterocycles. The van der Waals surface area contributed by atoms with Crippen molar-refractivity contribution in [2.24, 2.45) is 5.92 Å². The van der Waals surface area contributed by atoms with Crippen molar-refractivity contribution >= 4 is 5.97 Å². The fraction of sp³-hybridized carbons (Fsp3) is 0.933. The molecule has 0 bridgehead atoms. The zero-order chi connectivity index (χ0) is 14.8. The molecular formula is C15H27NO4. The lowest BCUT2D eigenvalue weighted by molar-refractivity contribution is -0.142. The second-order valence-corrected chi connectivity index (χ2v) is 6.95. The number of carboxylic acids is 1. The van der Waals surface area contributed by atoms with Crippen molar-refractivity contribution in [3.63, 3.8) is 0 Å². The van der Waals surface area contributed by atoms with Crippen LogP contribution in [0, 0.1) is 5.92 Å². The molecule has 0 radical (unpaired) electrons. The first-order valence-electron chi connectivity index (χ1n) is 7.57. The third kappa shape index (κ3) is 4.43. The summed E-state index contributed by atoms with van der Waals surface area (Å²) >= 11 is 0. The van der Waals surface area contributed by atoms with Crippen LogP contribution in [-0.4, -0.2) is 60.0 Å². The van der Waals surface area contributed by atoms with Gasteiger partial charge in [0, 0.05) is 32.7 Å². The highest BCUT2D eigenvalue weighted by atomic mass is 16.5. The molecule has 2 atom stereocenters. The van der Waals surface area contributed by atoms with Gasteiger partial charge in [-0.1, -0.05) is 0 Å². The number of nitrogens with zero attached hydrogens (tertiary/aromatic N) is 1. The molecule has 0 amide bonds. The van der Waals surface area contributed by atoms with Gasteiger partial charge in [-0.05, 0) is 39.5 Å². The van der Waals surface area contributed by atoms with Gasteiger partial charge >= 0.3 is 5.97 Å². The lowest BCUT2D eigenvalue weighted by Gasteiger charge is -2.29. The minimum absolute atomic E-state index is 0.0240. The van der Waals surface area contributed by atoms with Gasteiger partial charge in [-0.2, -0.15) is 0 Å². The number of carbonyl (C=O) groups is 1. The topological polar surface area (TPSA) is 59.0 Å². The lowest BCUT2D eigenvalue weighted by Crippen LogP contribution is -2.40. The van der Waals surface area contributed by atoms with Crippen molar-refractivity contribution in [1.82, 2.24) is 4.90 Å². The summed E-state index contributed by atoms with van der Waals surface area (Å²) in [4.78, 5) is 13.5. The van der Waals surface area contributed by atoms with Gasteiger partial charge in [0.25, 0.3) is 0 Å². The molecule has 5 heteroatoms. The van der Waals surface area contributed by atoms with E-state index in [2.05, 4.69) is 4.90 Å². The van der Waals surface area contributed by atoms with E-state index in [1.807, 2.05) is 20.8 Å². The average Bonchev–Trinajstić information content (AvgIpc) is 2.71. The molecule has 116 valence electrons. The van der Waals surface area contributed by atoms with Crippen LogP contribution < -0.4 is 0 Å². The highest BCUT2D eigenvalue weighted by molar-refractivity contribution is 5.74. The van der Waals surface area contributed by atoms with Crippen LogP contribution in [0.2, 0.25) is 0 Å². The first kappa shape index (κ1) is 15.7. The minimum atomic E-state index is -0.725. The van der Waals surface area contributed by atoms with Gasteiger partial charge in [0.1, 0.15) is 6.04 Å². The van der Waals surface area contributed by atoms with Gasteiger partial charge in [0.2, 0.25) is 0 Å². The van der Waals surface area contributed by atoms with Gasteiger partial charge in [-0.25, -0.2) is 0 Å². The Balaban J connectivity index is 1.93. The highest BCUT2D eigenvalue weighted by Crippen LogP contribution is 2.27. The maximum Gasteiger partial charge on any atom is 0.321 e. The number of rotatable bonds is 4. The second-order valence-electron chi connectivity index (χ2n) is 6.95. The molecule has 5 nitrogen and oxygen atoms in total. The van der Waals surface area contributed by atoms with Crippen LogP contribution in [-0.2, 0) is 14.3 Å². The predicted octanol–water partition coefficient (Wildman–Crippen LogP) is 1.76. The van der Waals surface area contributed by atoms with Crippen LogP contribution in [0.15, 0.2) is 0 Å². The maximum atomic E-state index is 11.4. The number of likely N-dealkylation sites (tertiary alicyclic amines) is 1. The van der Waals surface area contributed by atoms with Gasteiger partial charge < -0.3 is 14.6 Å². The third-order valence-corrected chi connectivity index (χ3v) is 4.00. The number of hydrogen-bond acceptors (Lipinski definition) is 4. The van der Waals surface area contributed by atoms with E-state index in [1.54, 1.807) is 0 Å². The van der Waals surface area contributed by atoms with Crippen LogP contribution in [0.3, 0.4) is 0 Å². The van der Waals surface area contributed by atoms with Crippen molar-refractivity contribution in [3.05, 3.63) is 0 Å². The standard InChI is InChI=1S/C15H27NO4/c1-15(2,3)20-12-8-13(14(17)18)16(10-12)9-11-4-6-19-7-5-11/h11-13H,4-10H2,1-3H3,(H,17,18)/t12-,13+/m1/s1. The zero-order valence-corrected chi connectivity index (χ0v) is 12.8. The van der Waals surface area contributed by atoms with E-state index in [9.17, 15) is 9.90 Å². The van der Waals surface area contributed by atoms with E-state index in [0.29, 0.717) is 12.3 Å². The highest BCUT2D eigenvalue weighted by Gasteiger charge is 2.39. The molecule has 0 spiro atoms. The van der Waals surface area contributed by atoms with E-state index in [0.717, 1.165) is 39.1 Å². The minimum Gasteiger partial charge on any atom is -0.480 e. The van der Waals surface area contributed by atoms with Gasteiger partial charge in [-0.3, -0.25) is 9.69 Å². The van der Waals surface area contributed by atoms with E-state index >= 15 is 0 Å². The molecule has 0 saturated carbocycles.